The molecule has 1 aromatic carbocycles. The van der Waals surface area contributed by atoms with E-state index in [1.807, 2.05) is 25.1 Å². The zero-order valence-electron chi connectivity index (χ0n) is 17.2. The number of ether oxygens (including phenoxy) is 1. The van der Waals surface area contributed by atoms with Gasteiger partial charge in [-0.05, 0) is 30.2 Å². The summed E-state index contributed by atoms with van der Waals surface area (Å²) in [6, 6.07) is 10.8. The Labute approximate surface area is 178 Å². The number of para-hydroxylation sites is 1. The summed E-state index contributed by atoms with van der Waals surface area (Å²) in [6.45, 7) is 2.29. The number of furan rings is 1. The standard InChI is InChI=1S/C22H24N4O5/c1-2-3-10-25-19(23)18(20(27)24-22(25)29)26(13-15-8-6-11-30-15)21(28)17-12-14-7-4-5-9-16(14)31-17/h4-9,11,17H,2-3,10,12-13,23H2,1H3,(H,24,27,29). The summed E-state index contributed by atoms with van der Waals surface area (Å²) in [6.07, 6.45) is 2.57. The van der Waals surface area contributed by atoms with Gasteiger partial charge in [0.1, 0.15) is 17.3 Å². The van der Waals surface area contributed by atoms with Gasteiger partial charge >= 0.3 is 5.69 Å². The maximum atomic E-state index is 13.5. The number of aromatic amines is 1. The van der Waals surface area contributed by atoms with E-state index in [4.69, 9.17) is 14.9 Å². The molecule has 3 aromatic rings. The molecule has 1 amide bonds. The van der Waals surface area contributed by atoms with Crippen LogP contribution < -0.4 is 26.6 Å². The number of fused-ring (bicyclic) bond motifs is 1. The van der Waals surface area contributed by atoms with E-state index in [-0.39, 0.29) is 18.1 Å². The minimum atomic E-state index is -0.817. The van der Waals surface area contributed by atoms with Crippen molar-refractivity contribution in [3.63, 3.8) is 0 Å². The summed E-state index contributed by atoms with van der Waals surface area (Å²) in [5.41, 5.74) is 5.75. The summed E-state index contributed by atoms with van der Waals surface area (Å²) in [5, 5.41) is 0. The molecule has 3 N–H and O–H groups in total. The number of unbranched alkanes of at least 4 members (excludes halogenated alkanes) is 1. The number of anilines is 2. The van der Waals surface area contributed by atoms with Crippen LogP contribution in [0.5, 0.6) is 5.75 Å². The molecule has 9 heteroatoms. The first kappa shape index (κ1) is 20.5. The third kappa shape index (κ3) is 3.98. The van der Waals surface area contributed by atoms with Crippen LogP contribution in [0.2, 0.25) is 0 Å². The molecule has 1 aliphatic rings. The van der Waals surface area contributed by atoms with Gasteiger partial charge in [0.05, 0.1) is 12.8 Å². The van der Waals surface area contributed by atoms with Crippen molar-refractivity contribution in [1.29, 1.82) is 0 Å². The zero-order valence-corrected chi connectivity index (χ0v) is 17.2. The minimum absolute atomic E-state index is 0.0265. The van der Waals surface area contributed by atoms with Gasteiger partial charge in [-0.3, -0.25) is 24.0 Å². The Kier molecular flexibility index (Phi) is 5.66. The highest BCUT2D eigenvalue weighted by molar-refractivity contribution is 5.99. The topological polar surface area (TPSA) is 124 Å². The fourth-order valence-corrected chi connectivity index (χ4v) is 3.70. The van der Waals surface area contributed by atoms with Gasteiger partial charge in [0.15, 0.2) is 11.8 Å². The van der Waals surface area contributed by atoms with E-state index < -0.39 is 23.3 Å². The predicted molar refractivity (Wildman–Crippen MR) is 115 cm³/mol. The second-order valence-electron chi connectivity index (χ2n) is 7.42. The summed E-state index contributed by atoms with van der Waals surface area (Å²) >= 11 is 0. The SMILES string of the molecule is CCCCn1c(N)c(N(Cc2ccco2)C(=O)C2Cc3ccccc3O2)c(=O)[nH]c1=O. The lowest BCUT2D eigenvalue weighted by Crippen LogP contribution is -2.46. The second-order valence-corrected chi connectivity index (χ2v) is 7.42. The van der Waals surface area contributed by atoms with Crippen LogP contribution in [0.25, 0.3) is 0 Å². The van der Waals surface area contributed by atoms with Gasteiger partial charge in [-0.2, -0.15) is 0 Å². The van der Waals surface area contributed by atoms with Crippen LogP contribution in [0.15, 0.2) is 56.7 Å². The molecule has 31 heavy (non-hydrogen) atoms. The fraction of sp³-hybridized carbons (Fsp3) is 0.318. The number of amides is 1. The molecule has 162 valence electrons. The van der Waals surface area contributed by atoms with Gasteiger partial charge in [0, 0.05) is 13.0 Å². The summed E-state index contributed by atoms with van der Waals surface area (Å²) in [4.78, 5) is 42.1. The number of carbonyl (C=O) groups is 1. The number of hydrogen-bond acceptors (Lipinski definition) is 6. The van der Waals surface area contributed by atoms with Crippen molar-refractivity contribution >= 4 is 17.4 Å². The molecule has 1 aliphatic heterocycles. The molecule has 0 spiro atoms. The lowest BCUT2D eigenvalue weighted by molar-refractivity contribution is -0.124. The number of benzene rings is 1. The molecule has 3 heterocycles. The van der Waals surface area contributed by atoms with Crippen LogP contribution in [0, 0.1) is 0 Å². The molecule has 0 bridgehead atoms. The summed E-state index contributed by atoms with van der Waals surface area (Å²) < 4.78 is 12.5. The lowest BCUT2D eigenvalue weighted by atomic mass is 10.1. The number of nitrogens with zero attached hydrogens (tertiary/aromatic N) is 2. The van der Waals surface area contributed by atoms with Crippen LogP contribution in [0.3, 0.4) is 0 Å². The van der Waals surface area contributed by atoms with Gasteiger partial charge in [-0.15, -0.1) is 0 Å². The maximum Gasteiger partial charge on any atom is 0.330 e. The molecule has 1 unspecified atom stereocenters. The van der Waals surface area contributed by atoms with Gasteiger partial charge in [-0.1, -0.05) is 31.5 Å². The summed E-state index contributed by atoms with van der Waals surface area (Å²) in [7, 11) is 0. The molecule has 0 aliphatic carbocycles. The van der Waals surface area contributed by atoms with Crippen molar-refractivity contribution in [2.24, 2.45) is 0 Å². The Morgan fingerprint density at radius 1 is 1.26 bits per heavy atom. The Hall–Kier alpha value is -3.75. The summed E-state index contributed by atoms with van der Waals surface area (Å²) in [5.74, 6) is 0.602. The van der Waals surface area contributed by atoms with Crippen molar-refractivity contribution in [2.45, 2.75) is 45.4 Å². The van der Waals surface area contributed by atoms with Crippen molar-refractivity contribution in [3.8, 4) is 5.75 Å². The Morgan fingerprint density at radius 3 is 2.77 bits per heavy atom. The lowest BCUT2D eigenvalue weighted by Gasteiger charge is -2.26. The maximum absolute atomic E-state index is 13.5. The monoisotopic (exact) mass is 424 g/mol. The molecule has 4 rings (SSSR count). The number of aromatic nitrogens is 2. The van der Waals surface area contributed by atoms with E-state index in [9.17, 15) is 14.4 Å². The van der Waals surface area contributed by atoms with Gasteiger partial charge in [0.25, 0.3) is 11.5 Å². The molecule has 0 radical (unpaired) electrons. The quantitative estimate of drug-likeness (QED) is 0.598. The van der Waals surface area contributed by atoms with Crippen LogP contribution in [-0.4, -0.2) is 21.6 Å². The normalized spacial score (nSPS) is 14.8. The van der Waals surface area contributed by atoms with E-state index in [1.165, 1.54) is 15.7 Å². The first-order valence-electron chi connectivity index (χ1n) is 10.2. The molecule has 1 atom stereocenters. The van der Waals surface area contributed by atoms with Gasteiger partial charge < -0.3 is 14.9 Å². The Balaban J connectivity index is 1.75. The highest BCUT2D eigenvalue weighted by Crippen LogP contribution is 2.30. The number of nitrogens with one attached hydrogen (secondary N) is 1. The molecule has 0 saturated carbocycles. The number of H-pyrrole nitrogens is 1. The molecule has 2 aromatic heterocycles. The molecule has 9 nitrogen and oxygen atoms in total. The second kappa shape index (κ2) is 8.55. The van der Waals surface area contributed by atoms with Gasteiger partial charge in [0.2, 0.25) is 0 Å². The van der Waals surface area contributed by atoms with Crippen molar-refractivity contribution in [3.05, 3.63) is 74.8 Å². The molecular formula is C22H24N4O5. The zero-order chi connectivity index (χ0) is 22.0. The van der Waals surface area contributed by atoms with Crippen LogP contribution in [0.1, 0.15) is 31.1 Å². The number of nitrogens with two attached hydrogens (primary N) is 1. The Bertz CT molecular complexity index is 1170. The third-order valence-electron chi connectivity index (χ3n) is 5.30. The van der Waals surface area contributed by atoms with E-state index in [0.717, 1.165) is 12.0 Å². The third-order valence-corrected chi connectivity index (χ3v) is 5.30. The van der Waals surface area contributed by atoms with Crippen LogP contribution >= 0.6 is 0 Å². The average molecular weight is 424 g/mol. The highest BCUT2D eigenvalue weighted by Gasteiger charge is 2.35. The van der Waals surface area contributed by atoms with Gasteiger partial charge in [-0.25, -0.2) is 4.79 Å². The average Bonchev–Trinajstić information content (AvgIpc) is 3.41. The molecule has 0 fully saturated rings. The van der Waals surface area contributed by atoms with E-state index in [0.29, 0.717) is 30.9 Å². The highest BCUT2D eigenvalue weighted by atomic mass is 16.5. The molecule has 0 saturated heterocycles. The first-order valence-corrected chi connectivity index (χ1v) is 10.2. The Morgan fingerprint density at radius 2 is 2.06 bits per heavy atom. The van der Waals surface area contributed by atoms with Crippen molar-refractivity contribution in [2.75, 3.05) is 10.6 Å². The van der Waals surface area contributed by atoms with E-state index >= 15 is 0 Å². The van der Waals surface area contributed by atoms with E-state index in [1.54, 1.807) is 18.2 Å². The number of rotatable bonds is 7. The minimum Gasteiger partial charge on any atom is -0.480 e. The van der Waals surface area contributed by atoms with Crippen molar-refractivity contribution < 1.29 is 13.9 Å². The number of carbonyl (C=O) groups excluding carboxylic acids is 1. The predicted octanol–water partition coefficient (Wildman–Crippen LogP) is 2.05. The smallest absolute Gasteiger partial charge is 0.330 e. The van der Waals surface area contributed by atoms with E-state index in [2.05, 4.69) is 4.98 Å². The van der Waals surface area contributed by atoms with Crippen molar-refractivity contribution in [1.82, 2.24) is 9.55 Å². The number of hydrogen-bond donors (Lipinski definition) is 2. The first-order chi connectivity index (χ1) is 15.0. The number of nitrogen functional groups attached to an aromatic ring is 1. The fourth-order valence-electron chi connectivity index (χ4n) is 3.70. The van der Waals surface area contributed by atoms with Crippen LogP contribution in [-0.2, 0) is 24.3 Å². The van der Waals surface area contributed by atoms with Crippen LogP contribution in [0.4, 0.5) is 11.5 Å². The largest absolute Gasteiger partial charge is 0.480 e. The molecular weight excluding hydrogens is 400 g/mol.